The van der Waals surface area contributed by atoms with Crippen molar-refractivity contribution in [1.82, 2.24) is 0 Å². The second kappa shape index (κ2) is 6.08. The van der Waals surface area contributed by atoms with Gasteiger partial charge in [-0.2, -0.15) is 0 Å². The van der Waals surface area contributed by atoms with Crippen LogP contribution in [0.4, 0.5) is 14.5 Å². The molecule has 0 unspecified atom stereocenters. The Hall–Kier alpha value is -2.89. The molecule has 0 saturated carbocycles. The summed E-state index contributed by atoms with van der Waals surface area (Å²) in [6.07, 6.45) is 1.51. The van der Waals surface area contributed by atoms with E-state index < -0.39 is 17.5 Å². The zero-order chi connectivity index (χ0) is 16.4. The number of rotatable bonds is 4. The lowest BCUT2D eigenvalue weighted by atomic mass is 10.1. The van der Waals surface area contributed by atoms with Gasteiger partial charge in [0.25, 0.3) is 0 Å². The molecule has 4 nitrogen and oxygen atoms in total. The molecule has 1 amide bonds. The van der Waals surface area contributed by atoms with Crippen LogP contribution >= 0.6 is 0 Å². The van der Waals surface area contributed by atoms with E-state index in [4.69, 9.17) is 9.15 Å². The number of nitrogens with one attached hydrogen (secondary N) is 1. The van der Waals surface area contributed by atoms with Crippen LogP contribution in [0.15, 0.2) is 47.1 Å². The molecule has 0 aliphatic carbocycles. The second-order valence-corrected chi connectivity index (χ2v) is 5.01. The predicted molar refractivity (Wildman–Crippen MR) is 81.5 cm³/mol. The topological polar surface area (TPSA) is 51.5 Å². The van der Waals surface area contributed by atoms with Gasteiger partial charge in [-0.25, -0.2) is 8.78 Å². The molecule has 6 heteroatoms. The normalized spacial score (nSPS) is 10.7. The molecule has 3 rings (SSSR count). The third-order valence-corrected chi connectivity index (χ3v) is 3.36. The minimum atomic E-state index is -0.749. The van der Waals surface area contributed by atoms with Gasteiger partial charge in [0, 0.05) is 28.8 Å². The van der Waals surface area contributed by atoms with Crippen molar-refractivity contribution in [3.8, 4) is 5.75 Å². The Morgan fingerprint density at radius 1 is 1.17 bits per heavy atom. The Balaban J connectivity index is 1.77. The molecule has 0 saturated heterocycles. The van der Waals surface area contributed by atoms with Gasteiger partial charge in [0.1, 0.15) is 23.0 Å². The molecule has 1 heterocycles. The molecule has 3 aromatic rings. The van der Waals surface area contributed by atoms with Crippen molar-refractivity contribution in [3.05, 3.63) is 59.9 Å². The Morgan fingerprint density at radius 3 is 2.61 bits per heavy atom. The van der Waals surface area contributed by atoms with Crippen LogP contribution < -0.4 is 10.1 Å². The number of anilines is 1. The summed E-state index contributed by atoms with van der Waals surface area (Å²) in [4.78, 5) is 12.0. The molecule has 0 aliphatic rings. The lowest BCUT2D eigenvalue weighted by molar-refractivity contribution is -0.115. The van der Waals surface area contributed by atoms with Crippen LogP contribution in [0.25, 0.3) is 11.0 Å². The summed E-state index contributed by atoms with van der Waals surface area (Å²) >= 11 is 0. The van der Waals surface area contributed by atoms with Gasteiger partial charge in [0.2, 0.25) is 5.91 Å². The smallest absolute Gasteiger partial charge is 0.228 e. The maximum Gasteiger partial charge on any atom is 0.228 e. The SMILES string of the molecule is COc1ccc2c(CC(=O)Nc3cc(F)cc(F)c3)coc2c1. The zero-order valence-corrected chi connectivity index (χ0v) is 12.2. The highest BCUT2D eigenvalue weighted by atomic mass is 19.1. The standard InChI is InChI=1S/C17H13F2NO3/c1-22-14-2-3-15-10(9-23-16(15)8-14)4-17(21)20-13-6-11(18)5-12(19)7-13/h2-3,5-9H,4H2,1H3,(H,20,21). The Morgan fingerprint density at radius 2 is 1.91 bits per heavy atom. The summed E-state index contributed by atoms with van der Waals surface area (Å²) < 4.78 is 36.7. The predicted octanol–water partition coefficient (Wildman–Crippen LogP) is 3.90. The van der Waals surface area contributed by atoms with Gasteiger partial charge in [-0.05, 0) is 24.3 Å². The maximum absolute atomic E-state index is 13.1. The molecule has 118 valence electrons. The van der Waals surface area contributed by atoms with Crippen LogP contribution in [0, 0.1) is 11.6 Å². The maximum atomic E-state index is 13.1. The number of methoxy groups -OCH3 is 1. The van der Waals surface area contributed by atoms with E-state index >= 15 is 0 Å². The molecule has 1 N–H and O–H groups in total. The van der Waals surface area contributed by atoms with Gasteiger partial charge >= 0.3 is 0 Å². The van der Waals surface area contributed by atoms with E-state index in [9.17, 15) is 13.6 Å². The Kier molecular flexibility index (Phi) is 3.97. The molecule has 0 fully saturated rings. The van der Waals surface area contributed by atoms with Gasteiger partial charge in [-0.15, -0.1) is 0 Å². The monoisotopic (exact) mass is 317 g/mol. The number of furan rings is 1. The number of carbonyl (C=O) groups is 1. The first-order valence-electron chi connectivity index (χ1n) is 6.85. The summed E-state index contributed by atoms with van der Waals surface area (Å²) in [5, 5.41) is 3.25. The summed E-state index contributed by atoms with van der Waals surface area (Å²) in [5.74, 6) is -1.24. The third-order valence-electron chi connectivity index (χ3n) is 3.36. The van der Waals surface area contributed by atoms with Gasteiger partial charge in [-0.1, -0.05) is 0 Å². The van der Waals surface area contributed by atoms with Crippen LogP contribution in [0.5, 0.6) is 5.75 Å². The molecule has 2 aromatic carbocycles. The number of hydrogen-bond acceptors (Lipinski definition) is 3. The van der Waals surface area contributed by atoms with Gasteiger partial charge in [0.05, 0.1) is 19.8 Å². The fourth-order valence-electron chi connectivity index (χ4n) is 2.33. The highest BCUT2D eigenvalue weighted by molar-refractivity contribution is 5.95. The van der Waals surface area contributed by atoms with Crippen molar-refractivity contribution >= 4 is 22.6 Å². The summed E-state index contributed by atoms with van der Waals surface area (Å²) in [6.45, 7) is 0. The fraction of sp³-hybridized carbons (Fsp3) is 0.118. The third kappa shape index (κ3) is 3.31. The Bertz CT molecular complexity index is 853. The number of hydrogen-bond donors (Lipinski definition) is 1. The molecule has 0 aliphatic heterocycles. The number of amides is 1. The number of benzene rings is 2. The largest absolute Gasteiger partial charge is 0.497 e. The van der Waals surface area contributed by atoms with Crippen molar-refractivity contribution in [2.24, 2.45) is 0 Å². The summed E-state index contributed by atoms with van der Waals surface area (Å²) in [7, 11) is 1.55. The Labute approximate surface area is 130 Å². The van der Waals surface area contributed by atoms with Gasteiger partial charge in [0.15, 0.2) is 0 Å². The lowest BCUT2D eigenvalue weighted by Crippen LogP contribution is -2.14. The van der Waals surface area contributed by atoms with E-state index in [-0.39, 0.29) is 12.1 Å². The number of fused-ring (bicyclic) bond motifs is 1. The first-order chi connectivity index (χ1) is 11.0. The first-order valence-corrected chi connectivity index (χ1v) is 6.85. The highest BCUT2D eigenvalue weighted by Gasteiger charge is 2.12. The molecular weight excluding hydrogens is 304 g/mol. The number of halogens is 2. The first kappa shape index (κ1) is 15.0. The van der Waals surface area contributed by atoms with Crippen LogP contribution in [0.2, 0.25) is 0 Å². The fourth-order valence-corrected chi connectivity index (χ4v) is 2.33. The zero-order valence-electron chi connectivity index (χ0n) is 12.2. The molecule has 0 radical (unpaired) electrons. The van der Waals surface area contributed by atoms with Crippen LogP contribution in [0.1, 0.15) is 5.56 Å². The minimum Gasteiger partial charge on any atom is -0.497 e. The second-order valence-electron chi connectivity index (χ2n) is 5.01. The quantitative estimate of drug-likeness (QED) is 0.794. The van der Waals surface area contributed by atoms with Crippen molar-refractivity contribution in [1.29, 1.82) is 0 Å². The van der Waals surface area contributed by atoms with Crippen molar-refractivity contribution < 1.29 is 22.7 Å². The van der Waals surface area contributed by atoms with Crippen LogP contribution in [-0.4, -0.2) is 13.0 Å². The van der Waals surface area contributed by atoms with Crippen molar-refractivity contribution in [3.63, 3.8) is 0 Å². The lowest BCUT2D eigenvalue weighted by Gasteiger charge is -2.05. The summed E-state index contributed by atoms with van der Waals surface area (Å²) in [5.41, 5.74) is 1.35. The van der Waals surface area contributed by atoms with E-state index in [1.165, 1.54) is 6.26 Å². The van der Waals surface area contributed by atoms with E-state index in [1.807, 2.05) is 0 Å². The number of ether oxygens (including phenoxy) is 1. The van der Waals surface area contributed by atoms with E-state index in [0.717, 1.165) is 23.6 Å². The van der Waals surface area contributed by atoms with Gasteiger partial charge in [-0.3, -0.25) is 4.79 Å². The van der Waals surface area contributed by atoms with Crippen molar-refractivity contribution in [2.45, 2.75) is 6.42 Å². The molecule has 0 bridgehead atoms. The van der Waals surface area contributed by atoms with E-state index in [2.05, 4.69) is 5.32 Å². The highest BCUT2D eigenvalue weighted by Crippen LogP contribution is 2.26. The average molecular weight is 317 g/mol. The van der Waals surface area contributed by atoms with E-state index in [0.29, 0.717) is 16.9 Å². The summed E-state index contributed by atoms with van der Waals surface area (Å²) in [6, 6.07) is 8.13. The van der Waals surface area contributed by atoms with E-state index in [1.54, 1.807) is 25.3 Å². The molecule has 23 heavy (non-hydrogen) atoms. The molecule has 0 atom stereocenters. The molecule has 0 spiro atoms. The molecule has 1 aromatic heterocycles. The molecular formula is C17H13F2NO3. The van der Waals surface area contributed by atoms with Gasteiger partial charge < -0.3 is 14.5 Å². The minimum absolute atomic E-state index is 0.0253. The average Bonchev–Trinajstić information content (AvgIpc) is 2.88. The van der Waals surface area contributed by atoms with Crippen LogP contribution in [-0.2, 0) is 11.2 Å². The number of carbonyl (C=O) groups excluding carboxylic acids is 1. The van der Waals surface area contributed by atoms with Crippen molar-refractivity contribution in [2.75, 3.05) is 12.4 Å². The van der Waals surface area contributed by atoms with Crippen LogP contribution in [0.3, 0.4) is 0 Å².